The van der Waals surface area contributed by atoms with E-state index in [1.165, 1.54) is 12.4 Å². The molecule has 0 unspecified atom stereocenters. The van der Waals surface area contributed by atoms with Crippen molar-refractivity contribution in [1.82, 2.24) is 15.0 Å². The average Bonchev–Trinajstić information content (AvgIpc) is 2.40. The molecule has 0 aliphatic carbocycles. The number of rotatable bonds is 2. The molecule has 1 heterocycles. The van der Waals surface area contributed by atoms with Gasteiger partial charge in [0.2, 0.25) is 0 Å². The molecule has 1 rings (SSSR count). The number of aromatic nitrogens is 3. The third-order valence-electron chi connectivity index (χ3n) is 0.992. The van der Waals surface area contributed by atoms with Gasteiger partial charge in [0.15, 0.2) is 5.70 Å². The Morgan fingerprint density at radius 3 is 2.82 bits per heavy atom. The van der Waals surface area contributed by atoms with Gasteiger partial charge in [-0.05, 0) is 0 Å². The standard InChI is InChI=1S/C5H4ClN3O2/c6-3-4(5(10)11)9-2-1-7-8-9/h1-3H,(H,10,11). The van der Waals surface area contributed by atoms with Crippen molar-refractivity contribution in [1.29, 1.82) is 0 Å². The minimum Gasteiger partial charge on any atom is -0.476 e. The van der Waals surface area contributed by atoms with Crippen molar-refractivity contribution in [3.8, 4) is 0 Å². The molecule has 0 fully saturated rings. The Bertz CT molecular complexity index is 280. The highest BCUT2D eigenvalue weighted by atomic mass is 35.5. The van der Waals surface area contributed by atoms with E-state index in [0.717, 1.165) is 10.2 Å². The lowest BCUT2D eigenvalue weighted by molar-refractivity contribution is -0.130. The van der Waals surface area contributed by atoms with Crippen LogP contribution in [0.25, 0.3) is 5.70 Å². The second-order valence-electron chi connectivity index (χ2n) is 1.65. The molecular formula is C5H4ClN3O2. The molecular weight excluding hydrogens is 170 g/mol. The highest BCUT2D eigenvalue weighted by molar-refractivity contribution is 6.32. The van der Waals surface area contributed by atoms with Crippen molar-refractivity contribution in [3.63, 3.8) is 0 Å². The number of aliphatic carboxylic acids is 1. The number of halogens is 1. The SMILES string of the molecule is O=C(O)C(=CCl)n1ccnn1. The number of hydrogen-bond donors (Lipinski definition) is 1. The normalized spacial score (nSPS) is 11.5. The molecule has 0 saturated heterocycles. The van der Waals surface area contributed by atoms with E-state index in [1.807, 2.05) is 0 Å². The quantitative estimate of drug-likeness (QED) is 0.658. The maximum atomic E-state index is 10.4. The van der Waals surface area contributed by atoms with Crippen molar-refractivity contribution in [2.24, 2.45) is 0 Å². The molecule has 11 heavy (non-hydrogen) atoms. The summed E-state index contributed by atoms with van der Waals surface area (Å²) in [6.45, 7) is 0. The number of carboxylic acids is 1. The van der Waals surface area contributed by atoms with E-state index in [0.29, 0.717) is 0 Å². The van der Waals surface area contributed by atoms with E-state index in [2.05, 4.69) is 10.3 Å². The Morgan fingerprint density at radius 2 is 2.45 bits per heavy atom. The van der Waals surface area contributed by atoms with Crippen LogP contribution in [0.4, 0.5) is 0 Å². The molecule has 0 saturated carbocycles. The molecule has 0 spiro atoms. The van der Waals surface area contributed by atoms with E-state index in [1.54, 1.807) is 0 Å². The minimum absolute atomic E-state index is 0.135. The number of carboxylic acid groups (broad SMARTS) is 1. The third-order valence-corrected chi connectivity index (χ3v) is 1.20. The van der Waals surface area contributed by atoms with Gasteiger partial charge in [-0.1, -0.05) is 16.8 Å². The summed E-state index contributed by atoms with van der Waals surface area (Å²) in [7, 11) is 0. The first-order valence-electron chi connectivity index (χ1n) is 2.66. The first-order valence-corrected chi connectivity index (χ1v) is 3.09. The van der Waals surface area contributed by atoms with Crippen molar-refractivity contribution >= 4 is 23.3 Å². The molecule has 0 aliphatic rings. The zero-order valence-corrected chi connectivity index (χ0v) is 6.06. The molecule has 0 atom stereocenters. The fourth-order valence-corrected chi connectivity index (χ4v) is 0.725. The van der Waals surface area contributed by atoms with E-state index < -0.39 is 5.97 Å². The zero-order chi connectivity index (χ0) is 8.27. The molecule has 1 aromatic rings. The van der Waals surface area contributed by atoms with Crippen LogP contribution in [0.15, 0.2) is 17.9 Å². The summed E-state index contributed by atoms with van der Waals surface area (Å²) in [5.74, 6) is -1.15. The number of carbonyl (C=O) groups is 1. The summed E-state index contributed by atoms with van der Waals surface area (Å²) in [6.07, 6.45) is 2.76. The Morgan fingerprint density at radius 1 is 1.73 bits per heavy atom. The number of hydrogen-bond acceptors (Lipinski definition) is 3. The van der Waals surface area contributed by atoms with Crippen LogP contribution in [0.5, 0.6) is 0 Å². The summed E-state index contributed by atoms with van der Waals surface area (Å²) in [6, 6.07) is 0. The van der Waals surface area contributed by atoms with Gasteiger partial charge in [0.25, 0.3) is 0 Å². The third kappa shape index (κ3) is 1.56. The van der Waals surface area contributed by atoms with Gasteiger partial charge in [-0.25, -0.2) is 9.48 Å². The van der Waals surface area contributed by atoms with E-state index in [9.17, 15) is 4.79 Å². The fourth-order valence-electron chi connectivity index (χ4n) is 0.531. The van der Waals surface area contributed by atoms with E-state index >= 15 is 0 Å². The fraction of sp³-hybridized carbons (Fsp3) is 0. The van der Waals surface area contributed by atoms with Crippen LogP contribution in [0, 0.1) is 0 Å². The van der Waals surface area contributed by atoms with Crippen LogP contribution >= 0.6 is 11.6 Å². The summed E-state index contributed by atoms with van der Waals surface area (Å²) < 4.78 is 1.06. The molecule has 0 bridgehead atoms. The summed E-state index contributed by atoms with van der Waals surface area (Å²) in [4.78, 5) is 10.4. The lowest BCUT2D eigenvalue weighted by atomic mass is 10.5. The van der Waals surface area contributed by atoms with Crippen molar-refractivity contribution < 1.29 is 9.90 Å². The lowest BCUT2D eigenvalue weighted by Crippen LogP contribution is -2.07. The highest BCUT2D eigenvalue weighted by Gasteiger charge is 2.08. The van der Waals surface area contributed by atoms with Gasteiger partial charge in [0.1, 0.15) is 0 Å². The zero-order valence-electron chi connectivity index (χ0n) is 5.31. The Hall–Kier alpha value is -1.36. The van der Waals surface area contributed by atoms with Crippen LogP contribution in [0.3, 0.4) is 0 Å². The van der Waals surface area contributed by atoms with Gasteiger partial charge < -0.3 is 5.11 Å². The Labute approximate surface area is 66.9 Å². The monoisotopic (exact) mass is 173 g/mol. The smallest absolute Gasteiger partial charge is 0.355 e. The maximum Gasteiger partial charge on any atom is 0.355 e. The molecule has 0 amide bonds. The van der Waals surface area contributed by atoms with Crippen LogP contribution in [-0.4, -0.2) is 26.1 Å². The molecule has 0 aliphatic heterocycles. The molecule has 1 aromatic heterocycles. The second-order valence-corrected chi connectivity index (χ2v) is 1.87. The Kier molecular flexibility index (Phi) is 2.22. The van der Waals surface area contributed by atoms with Crippen molar-refractivity contribution in [2.75, 3.05) is 0 Å². The summed E-state index contributed by atoms with van der Waals surface area (Å²) in [5, 5.41) is 15.4. The van der Waals surface area contributed by atoms with Gasteiger partial charge >= 0.3 is 5.97 Å². The van der Waals surface area contributed by atoms with Crippen LogP contribution in [0.1, 0.15) is 0 Å². The summed E-state index contributed by atoms with van der Waals surface area (Å²) >= 11 is 5.22. The average molecular weight is 174 g/mol. The van der Waals surface area contributed by atoms with Gasteiger partial charge in [-0.15, -0.1) is 5.10 Å². The van der Waals surface area contributed by atoms with E-state index in [-0.39, 0.29) is 5.70 Å². The largest absolute Gasteiger partial charge is 0.476 e. The molecule has 6 heteroatoms. The predicted octanol–water partition coefficient (Wildman–Crippen LogP) is 0.400. The van der Waals surface area contributed by atoms with Gasteiger partial charge in [-0.3, -0.25) is 0 Å². The van der Waals surface area contributed by atoms with Crippen LogP contribution in [-0.2, 0) is 4.79 Å². The van der Waals surface area contributed by atoms with Crippen LogP contribution < -0.4 is 0 Å². The van der Waals surface area contributed by atoms with Crippen molar-refractivity contribution in [3.05, 3.63) is 17.9 Å². The molecule has 0 aromatic carbocycles. The van der Waals surface area contributed by atoms with Gasteiger partial charge in [0, 0.05) is 5.54 Å². The molecule has 1 N–H and O–H groups in total. The van der Waals surface area contributed by atoms with Crippen LogP contribution in [0.2, 0.25) is 0 Å². The first-order chi connectivity index (χ1) is 5.25. The lowest BCUT2D eigenvalue weighted by Gasteiger charge is -1.96. The van der Waals surface area contributed by atoms with Gasteiger partial charge in [-0.2, -0.15) is 0 Å². The first kappa shape index (κ1) is 7.74. The van der Waals surface area contributed by atoms with Crippen molar-refractivity contribution in [2.45, 2.75) is 0 Å². The molecule has 0 radical (unpaired) electrons. The maximum absolute atomic E-state index is 10.4. The summed E-state index contributed by atoms with van der Waals surface area (Å²) in [5.41, 5.74) is 0.793. The molecule has 5 nitrogen and oxygen atoms in total. The van der Waals surface area contributed by atoms with Gasteiger partial charge in [0.05, 0.1) is 12.4 Å². The molecule has 58 valence electrons. The Balaban J connectivity index is 2.99. The second kappa shape index (κ2) is 3.16. The number of nitrogens with zero attached hydrogens (tertiary/aromatic N) is 3. The highest BCUT2D eigenvalue weighted by Crippen LogP contribution is 2.02. The topological polar surface area (TPSA) is 68.0 Å². The minimum atomic E-state index is -1.15. The van der Waals surface area contributed by atoms with E-state index in [4.69, 9.17) is 16.7 Å². The predicted molar refractivity (Wildman–Crippen MR) is 37.8 cm³/mol.